The van der Waals surface area contributed by atoms with Crippen molar-refractivity contribution in [2.24, 2.45) is 5.92 Å². The first-order chi connectivity index (χ1) is 6.21. The minimum absolute atomic E-state index is 0.0196. The molecule has 0 amide bonds. The first-order valence-corrected chi connectivity index (χ1v) is 5.55. The van der Waals surface area contributed by atoms with E-state index in [2.05, 4.69) is 32.6 Å². The molecule has 0 aliphatic carbocycles. The topological polar surface area (TPSA) is 20.3 Å². The van der Waals surface area contributed by atoms with E-state index >= 15 is 0 Å². The Labute approximate surface area is 92.6 Å². The molecule has 0 aromatic heterocycles. The van der Waals surface area contributed by atoms with Crippen molar-refractivity contribution in [3.05, 3.63) is 0 Å². The largest absolute Gasteiger partial charge is 0.288 e. The molecule has 0 radical (unpaired) electrons. The van der Waals surface area contributed by atoms with E-state index in [-0.39, 0.29) is 22.7 Å². The van der Waals surface area contributed by atoms with Gasteiger partial charge in [0, 0.05) is 5.54 Å². The van der Waals surface area contributed by atoms with E-state index in [9.17, 15) is 4.79 Å². The fourth-order valence-corrected chi connectivity index (χ4v) is 2.20. The van der Waals surface area contributed by atoms with Crippen LogP contribution in [-0.4, -0.2) is 28.3 Å². The van der Waals surface area contributed by atoms with Crippen LogP contribution in [-0.2, 0) is 4.79 Å². The van der Waals surface area contributed by atoms with Crippen molar-refractivity contribution in [3.8, 4) is 0 Å². The van der Waals surface area contributed by atoms with Gasteiger partial charge in [-0.1, -0.05) is 20.8 Å². The van der Waals surface area contributed by atoms with Crippen LogP contribution in [0, 0.1) is 5.92 Å². The van der Waals surface area contributed by atoms with Crippen molar-refractivity contribution in [2.45, 2.75) is 53.1 Å². The third kappa shape index (κ3) is 3.58. The fourth-order valence-electron chi connectivity index (χ4n) is 1.83. The molecule has 3 heteroatoms. The van der Waals surface area contributed by atoms with Crippen molar-refractivity contribution < 1.29 is 4.79 Å². The lowest BCUT2D eigenvalue weighted by Crippen LogP contribution is -2.52. The summed E-state index contributed by atoms with van der Waals surface area (Å²) < 4.78 is 0. The highest BCUT2D eigenvalue weighted by molar-refractivity contribution is 6.64. The Morgan fingerprint density at radius 3 is 1.86 bits per heavy atom. The molecule has 1 unspecified atom stereocenters. The third-order valence-corrected chi connectivity index (χ3v) is 2.63. The molecule has 0 aromatic carbocycles. The van der Waals surface area contributed by atoms with Gasteiger partial charge in [0.05, 0.1) is 6.04 Å². The zero-order chi connectivity index (χ0) is 11.5. The molecule has 0 saturated carbocycles. The summed E-state index contributed by atoms with van der Waals surface area (Å²) in [6.07, 6.45) is 0. The molecular weight excluding hydrogens is 198 g/mol. The summed E-state index contributed by atoms with van der Waals surface area (Å²) in [5.41, 5.74) is -0.0196. The average Bonchev–Trinajstić information content (AvgIpc) is 1.95. The Morgan fingerprint density at radius 1 is 1.36 bits per heavy atom. The van der Waals surface area contributed by atoms with Gasteiger partial charge in [0.25, 0.3) is 0 Å². The second-order valence-electron chi connectivity index (χ2n) is 4.95. The zero-order valence-corrected chi connectivity index (χ0v) is 10.9. The van der Waals surface area contributed by atoms with Crippen LogP contribution >= 0.6 is 11.6 Å². The Balaban J connectivity index is 4.87. The number of halogens is 1. The van der Waals surface area contributed by atoms with Gasteiger partial charge in [0.15, 0.2) is 0 Å². The van der Waals surface area contributed by atoms with Gasteiger partial charge >= 0.3 is 0 Å². The van der Waals surface area contributed by atoms with E-state index in [1.54, 1.807) is 0 Å². The molecule has 84 valence electrons. The standard InChI is InChI=1S/C11H22ClNO/c1-7-13(11(4,5)6)9(8(2)3)10(12)14/h8-9H,7H2,1-6H3. The molecular formula is C11H22ClNO. The van der Waals surface area contributed by atoms with Gasteiger partial charge < -0.3 is 0 Å². The lowest BCUT2D eigenvalue weighted by Gasteiger charge is -2.41. The zero-order valence-electron chi connectivity index (χ0n) is 10.1. The van der Waals surface area contributed by atoms with Crippen LogP contribution in [0.15, 0.2) is 0 Å². The summed E-state index contributed by atoms with van der Waals surface area (Å²) in [6, 6.07) is -0.179. The number of carbonyl (C=O) groups excluding carboxylic acids is 1. The minimum atomic E-state index is -0.253. The third-order valence-electron chi connectivity index (χ3n) is 2.40. The van der Waals surface area contributed by atoms with E-state index < -0.39 is 0 Å². The molecule has 0 heterocycles. The van der Waals surface area contributed by atoms with E-state index in [4.69, 9.17) is 11.6 Å². The van der Waals surface area contributed by atoms with Crippen LogP contribution in [0.3, 0.4) is 0 Å². The summed E-state index contributed by atoms with van der Waals surface area (Å²) in [4.78, 5) is 13.5. The summed E-state index contributed by atoms with van der Waals surface area (Å²) in [6.45, 7) is 13.3. The van der Waals surface area contributed by atoms with Gasteiger partial charge in [-0.15, -0.1) is 0 Å². The van der Waals surface area contributed by atoms with Crippen molar-refractivity contribution >= 4 is 16.8 Å². The van der Waals surface area contributed by atoms with Crippen LogP contribution in [0.1, 0.15) is 41.5 Å². The predicted octanol–water partition coefficient (Wildman–Crippen LogP) is 2.90. The fraction of sp³-hybridized carbons (Fsp3) is 0.909. The Hall–Kier alpha value is -0.0800. The monoisotopic (exact) mass is 219 g/mol. The van der Waals surface area contributed by atoms with E-state index in [1.165, 1.54) is 0 Å². The molecule has 14 heavy (non-hydrogen) atoms. The molecule has 0 N–H and O–H groups in total. The second-order valence-corrected chi connectivity index (χ2v) is 5.32. The number of rotatable bonds is 4. The molecule has 0 bridgehead atoms. The average molecular weight is 220 g/mol. The number of likely N-dealkylation sites (N-methyl/N-ethyl adjacent to an activating group) is 1. The Bertz CT molecular complexity index is 196. The van der Waals surface area contributed by atoms with Crippen molar-refractivity contribution in [1.29, 1.82) is 0 Å². The molecule has 2 nitrogen and oxygen atoms in total. The molecule has 0 saturated heterocycles. The lowest BCUT2D eigenvalue weighted by molar-refractivity contribution is -0.120. The van der Waals surface area contributed by atoms with Crippen molar-refractivity contribution in [1.82, 2.24) is 4.90 Å². The SMILES string of the molecule is CCN(C(C(=O)Cl)C(C)C)C(C)(C)C. The highest BCUT2D eigenvalue weighted by Crippen LogP contribution is 2.22. The molecule has 0 aliphatic heterocycles. The van der Waals surface area contributed by atoms with Gasteiger partial charge in [0.2, 0.25) is 5.24 Å². The summed E-state index contributed by atoms with van der Waals surface area (Å²) in [7, 11) is 0. The smallest absolute Gasteiger partial charge is 0.239 e. The lowest BCUT2D eigenvalue weighted by atomic mass is 9.96. The van der Waals surface area contributed by atoms with Crippen LogP contribution in [0.5, 0.6) is 0 Å². The maximum Gasteiger partial charge on any atom is 0.239 e. The molecule has 0 aliphatic rings. The van der Waals surface area contributed by atoms with Gasteiger partial charge in [-0.05, 0) is 44.8 Å². The highest BCUT2D eigenvalue weighted by atomic mass is 35.5. The number of nitrogens with zero attached hydrogens (tertiary/aromatic N) is 1. The first kappa shape index (κ1) is 13.9. The van der Waals surface area contributed by atoms with E-state index in [1.807, 2.05) is 13.8 Å². The molecule has 0 fully saturated rings. The van der Waals surface area contributed by atoms with Crippen LogP contribution < -0.4 is 0 Å². The minimum Gasteiger partial charge on any atom is -0.288 e. The molecule has 0 aromatic rings. The van der Waals surface area contributed by atoms with Crippen LogP contribution in [0.25, 0.3) is 0 Å². The number of hydrogen-bond donors (Lipinski definition) is 0. The quantitative estimate of drug-likeness (QED) is 0.678. The Morgan fingerprint density at radius 2 is 1.79 bits per heavy atom. The van der Waals surface area contributed by atoms with Gasteiger partial charge in [-0.3, -0.25) is 9.69 Å². The second kappa shape index (κ2) is 5.13. The van der Waals surface area contributed by atoms with Crippen LogP contribution in [0.2, 0.25) is 0 Å². The number of hydrogen-bond acceptors (Lipinski definition) is 2. The summed E-state index contributed by atoms with van der Waals surface area (Å²) >= 11 is 5.64. The van der Waals surface area contributed by atoms with Gasteiger partial charge in [-0.25, -0.2) is 0 Å². The maximum atomic E-state index is 11.4. The maximum absolute atomic E-state index is 11.4. The summed E-state index contributed by atoms with van der Waals surface area (Å²) in [5, 5.41) is -0.253. The summed E-state index contributed by atoms with van der Waals surface area (Å²) in [5.74, 6) is 0.249. The van der Waals surface area contributed by atoms with Gasteiger partial charge in [0.1, 0.15) is 0 Å². The van der Waals surface area contributed by atoms with E-state index in [0.29, 0.717) is 0 Å². The van der Waals surface area contributed by atoms with Gasteiger partial charge in [-0.2, -0.15) is 0 Å². The van der Waals surface area contributed by atoms with Crippen molar-refractivity contribution in [2.75, 3.05) is 6.54 Å². The Kier molecular flexibility index (Phi) is 5.10. The highest BCUT2D eigenvalue weighted by Gasteiger charge is 2.33. The first-order valence-electron chi connectivity index (χ1n) is 5.17. The number of carbonyl (C=O) groups is 1. The molecule has 0 rings (SSSR count). The van der Waals surface area contributed by atoms with Crippen molar-refractivity contribution in [3.63, 3.8) is 0 Å². The normalized spacial score (nSPS) is 14.9. The predicted molar refractivity (Wildman–Crippen MR) is 61.6 cm³/mol. The van der Waals surface area contributed by atoms with E-state index in [0.717, 1.165) is 6.54 Å². The molecule has 1 atom stereocenters. The molecule has 0 spiro atoms. The van der Waals surface area contributed by atoms with Crippen LogP contribution in [0.4, 0.5) is 0 Å².